The van der Waals surface area contributed by atoms with Crippen LogP contribution in [0.25, 0.3) is 0 Å². The molecular weight excluding hydrogens is 746 g/mol. The number of amides is 2. The molecule has 1 aliphatic heterocycles. The van der Waals surface area contributed by atoms with Gasteiger partial charge in [-0.1, -0.05) is 12.1 Å². The van der Waals surface area contributed by atoms with Gasteiger partial charge in [-0.15, -0.1) is 13.2 Å². The molecular formula is C27H22F9IN2O6. The van der Waals surface area contributed by atoms with Crippen molar-refractivity contribution in [1.82, 2.24) is 0 Å². The Morgan fingerprint density at radius 1 is 0.756 bits per heavy atom. The van der Waals surface area contributed by atoms with Gasteiger partial charge in [-0.25, -0.2) is 0 Å². The van der Waals surface area contributed by atoms with Crippen LogP contribution in [0.15, 0.2) is 72.8 Å². The molecule has 18 heteroatoms. The van der Waals surface area contributed by atoms with E-state index in [4.69, 9.17) is 8.27 Å². The van der Waals surface area contributed by atoms with Crippen LogP contribution in [0.5, 0.6) is 0 Å². The Morgan fingerprint density at radius 2 is 1.24 bits per heavy atom. The summed E-state index contributed by atoms with van der Waals surface area (Å²) in [4.78, 5) is 38.2. The first kappa shape index (κ1) is 37.3. The molecule has 1 N–H and O–H groups in total. The van der Waals surface area contributed by atoms with Crippen LogP contribution in [0.4, 0.5) is 50.9 Å². The summed E-state index contributed by atoms with van der Waals surface area (Å²) in [7, 11) is 0. The average Bonchev–Trinajstić information content (AvgIpc) is 3.23. The van der Waals surface area contributed by atoms with Crippen LogP contribution in [-0.4, -0.2) is 34.3 Å². The number of carbonyl (C=O) groups excluding carboxylic acids is 3. The Hall–Kier alpha value is -3.91. The molecule has 0 spiro atoms. The van der Waals surface area contributed by atoms with Crippen LogP contribution in [-0.2, 0) is 29.8 Å². The van der Waals surface area contributed by atoms with E-state index in [1.807, 2.05) is 29.2 Å². The number of hydrogen-bond acceptors (Lipinski definition) is 6. The number of benzene rings is 3. The predicted octanol–water partition coefficient (Wildman–Crippen LogP) is 8.04. The third-order valence-electron chi connectivity index (χ3n) is 5.17. The number of rotatable bonds is 3. The molecule has 3 aromatic rings. The number of carbonyl (C=O) groups is 3. The number of halogens is 10. The third-order valence-corrected chi connectivity index (χ3v) is 8.81. The first-order chi connectivity index (χ1) is 20.6. The van der Waals surface area contributed by atoms with Gasteiger partial charge in [0.15, 0.2) is 0 Å². The summed E-state index contributed by atoms with van der Waals surface area (Å²) in [6, 6.07) is 14.3. The third kappa shape index (κ3) is 11.2. The van der Waals surface area contributed by atoms with Crippen molar-refractivity contribution >= 4 is 49.4 Å². The normalized spacial score (nSPS) is 13.4. The van der Waals surface area contributed by atoms with Crippen LogP contribution >= 0.6 is 20.2 Å². The van der Waals surface area contributed by atoms with Crippen molar-refractivity contribution in [2.75, 3.05) is 15.1 Å². The van der Waals surface area contributed by atoms with Crippen molar-refractivity contribution in [3.8, 4) is 0 Å². The molecule has 0 aliphatic carbocycles. The Kier molecular flexibility index (Phi) is 12.4. The van der Waals surface area contributed by atoms with E-state index in [0.717, 1.165) is 47.2 Å². The van der Waals surface area contributed by atoms with E-state index in [9.17, 15) is 53.9 Å². The SMILES string of the molecule is CC(=O)N(O)c1cccc(C(F)(F)F)c1.CC(=O)N(OC(F)(F)F)c1cccc(C(F)(F)F)c1.CI1OC(=O)c2ccccc21. The van der Waals surface area contributed by atoms with Gasteiger partial charge in [-0.05, 0) is 36.4 Å². The van der Waals surface area contributed by atoms with Crippen LogP contribution in [0, 0.1) is 3.57 Å². The van der Waals surface area contributed by atoms with E-state index < -0.39 is 67.6 Å². The zero-order chi connectivity index (χ0) is 34.3. The number of nitrogens with zero attached hydrogens (tertiary/aromatic N) is 2. The number of alkyl halides is 10. The van der Waals surface area contributed by atoms with Gasteiger partial charge in [0.2, 0.25) is 11.8 Å². The van der Waals surface area contributed by atoms with E-state index in [0.29, 0.717) is 18.2 Å². The van der Waals surface area contributed by atoms with Crippen molar-refractivity contribution in [1.29, 1.82) is 0 Å². The number of fused-ring (bicyclic) bond motifs is 1. The van der Waals surface area contributed by atoms with Gasteiger partial charge in [-0.2, -0.15) is 41.3 Å². The van der Waals surface area contributed by atoms with Gasteiger partial charge < -0.3 is 0 Å². The van der Waals surface area contributed by atoms with Crippen molar-refractivity contribution in [3.05, 3.63) is 93.1 Å². The van der Waals surface area contributed by atoms with E-state index in [1.54, 1.807) is 0 Å². The van der Waals surface area contributed by atoms with Gasteiger partial charge in [0, 0.05) is 13.8 Å². The maximum atomic E-state index is 12.4. The summed E-state index contributed by atoms with van der Waals surface area (Å²) in [5, 5.41) is 9.01. The summed E-state index contributed by atoms with van der Waals surface area (Å²) >= 11 is -1.52. The van der Waals surface area contributed by atoms with E-state index in [-0.39, 0.29) is 21.8 Å². The molecule has 0 unspecified atom stereocenters. The second-order valence-corrected chi connectivity index (χ2v) is 12.5. The summed E-state index contributed by atoms with van der Waals surface area (Å²) in [6.07, 6.45) is -14.4. The van der Waals surface area contributed by atoms with Crippen molar-refractivity contribution < 1.29 is 67.0 Å². The molecule has 4 rings (SSSR count). The number of hydrogen-bond donors (Lipinski definition) is 1. The predicted molar refractivity (Wildman–Crippen MR) is 149 cm³/mol. The summed E-state index contributed by atoms with van der Waals surface area (Å²) in [5.74, 6) is -2.10. The van der Waals surface area contributed by atoms with Gasteiger partial charge >= 0.3 is 91.1 Å². The van der Waals surface area contributed by atoms with Gasteiger partial charge in [0.05, 0.1) is 22.5 Å². The summed E-state index contributed by atoms with van der Waals surface area (Å²) < 4.78 is 116. The molecule has 246 valence electrons. The zero-order valence-corrected chi connectivity index (χ0v) is 25.2. The first-order valence-corrected chi connectivity index (χ1v) is 16.1. The van der Waals surface area contributed by atoms with E-state index in [1.165, 1.54) is 6.07 Å². The molecule has 45 heavy (non-hydrogen) atoms. The molecule has 2 amide bonds. The Labute approximate surface area is 256 Å². The Morgan fingerprint density at radius 3 is 1.69 bits per heavy atom. The number of anilines is 2. The average molecular weight is 768 g/mol. The van der Waals surface area contributed by atoms with Crippen molar-refractivity contribution in [2.24, 2.45) is 0 Å². The standard InChI is InChI=1S/C10H7F6NO2.C9H8F3NO2.C8H7IO2/c1-6(18)17(19-10(14,15)16)8-4-2-3-7(5-8)9(11,12)13;1-6(14)13(15)8-4-2-3-7(5-8)9(10,11)12;1-9-7-5-3-2-4-6(7)8(10)11-9/h2-5H,1H3;2-5,15H,1H3;2-5H,1H3. The second-order valence-electron chi connectivity index (χ2n) is 8.54. The Bertz CT molecular complexity index is 1510. The van der Waals surface area contributed by atoms with E-state index in [2.05, 4.69) is 4.84 Å². The zero-order valence-electron chi connectivity index (χ0n) is 23.1. The van der Waals surface area contributed by atoms with Gasteiger partial charge in [0.1, 0.15) is 0 Å². The quantitative estimate of drug-likeness (QED) is 0.0954. The molecule has 0 bridgehead atoms. The molecule has 0 radical (unpaired) electrons. The van der Waals surface area contributed by atoms with E-state index >= 15 is 0 Å². The minimum atomic E-state index is -5.19. The molecule has 1 heterocycles. The number of hydroxylamine groups is 2. The van der Waals surface area contributed by atoms with Crippen LogP contribution in [0.3, 0.4) is 0 Å². The molecule has 8 nitrogen and oxygen atoms in total. The maximum absolute atomic E-state index is 12.4. The van der Waals surface area contributed by atoms with Crippen LogP contribution in [0.1, 0.15) is 35.3 Å². The van der Waals surface area contributed by atoms with Crippen LogP contribution < -0.4 is 10.1 Å². The minimum absolute atomic E-state index is 0.131. The fourth-order valence-corrected chi connectivity index (χ4v) is 6.26. The van der Waals surface area contributed by atoms with Crippen molar-refractivity contribution in [3.63, 3.8) is 0 Å². The molecule has 1 aliphatic rings. The summed E-state index contributed by atoms with van der Waals surface area (Å²) in [6.45, 7) is 1.77. The molecule has 0 saturated carbocycles. The fourth-order valence-electron chi connectivity index (χ4n) is 3.25. The van der Waals surface area contributed by atoms with Gasteiger partial charge in [0.25, 0.3) is 0 Å². The topological polar surface area (TPSA) is 96.4 Å². The second kappa shape index (κ2) is 14.9. The van der Waals surface area contributed by atoms with Crippen molar-refractivity contribution in [2.45, 2.75) is 32.6 Å². The monoisotopic (exact) mass is 768 g/mol. The molecule has 3 aromatic carbocycles. The molecule has 0 saturated heterocycles. The van der Waals surface area contributed by atoms with Crippen LogP contribution in [0.2, 0.25) is 0 Å². The first-order valence-electron chi connectivity index (χ1n) is 11.9. The fraction of sp³-hybridized carbons (Fsp3) is 0.222. The summed E-state index contributed by atoms with van der Waals surface area (Å²) in [5.41, 5.74) is -2.21. The molecule has 0 aromatic heterocycles. The Balaban J connectivity index is 0.000000243. The molecule has 0 fully saturated rings. The molecule has 0 atom stereocenters. The van der Waals surface area contributed by atoms with Gasteiger partial charge in [-0.3, -0.25) is 14.8 Å².